The first kappa shape index (κ1) is 56.2. The minimum atomic E-state index is -2.13. The number of carbonyl (C=O) groups excluding carboxylic acids is 9. The number of unbranched alkanes of at least 4 members (excludes halogenated alkanes) is 2. The molecule has 0 aromatic heterocycles. The monoisotopic (exact) mass is 968 g/mol. The molecule has 0 radical (unpaired) electrons. The summed E-state index contributed by atoms with van der Waals surface area (Å²) in [4.78, 5) is 111. The quantitative estimate of drug-likeness (QED) is 0.0727. The molecule has 3 fully saturated rings. The van der Waals surface area contributed by atoms with Gasteiger partial charge < -0.3 is 81.3 Å². The highest BCUT2D eigenvalue weighted by molar-refractivity contribution is 5.70. The molecule has 0 saturated carbocycles. The third kappa shape index (κ3) is 17.8. The summed E-state index contributed by atoms with van der Waals surface area (Å²) in [5, 5.41) is 22.7. The van der Waals surface area contributed by atoms with Crippen molar-refractivity contribution < 1.29 is 124 Å². The smallest absolute Gasteiger partial charge is 0.305 e. The standard InChI is InChI=1S/C41H60O26/c1-18(42)55-15-26-32(58-21(4)45)30(51)31(52)39(63-26)66-38-36(62-25(8)49)34(60-23(6)47)28(17-57-20(3)44)65-41(38)67-37-35(61-24(7)48)33(59-22(5)46)27(16-56-19(2)43)64-40(37)54-14-12-10-11-13-29(50)53-9/h26-28,30-41,51-52H,10-17H2,1-9H3/t26-,27-,28-,30-,31-,32-,33-,34-,35+,36+,37-,38-,39-,40+,41-/m1/s1. The van der Waals surface area contributed by atoms with Crippen LogP contribution in [0.2, 0.25) is 0 Å². The first-order valence-corrected chi connectivity index (χ1v) is 21.1. The van der Waals surface area contributed by atoms with Gasteiger partial charge >= 0.3 is 53.7 Å². The Hall–Kier alpha value is -5.09. The first-order chi connectivity index (χ1) is 31.5. The third-order valence-electron chi connectivity index (χ3n) is 9.80. The fourth-order valence-electron chi connectivity index (χ4n) is 7.12. The van der Waals surface area contributed by atoms with Crippen molar-refractivity contribution >= 4 is 53.7 Å². The number of carbonyl (C=O) groups is 9. The van der Waals surface area contributed by atoms with Gasteiger partial charge in [-0.25, -0.2) is 0 Å². The van der Waals surface area contributed by atoms with Crippen LogP contribution in [0, 0.1) is 0 Å². The van der Waals surface area contributed by atoms with Crippen LogP contribution in [0.4, 0.5) is 0 Å². The number of methoxy groups -OCH3 is 1. The maximum atomic E-state index is 12.9. The van der Waals surface area contributed by atoms with Gasteiger partial charge in [0.15, 0.2) is 61.6 Å². The van der Waals surface area contributed by atoms with Crippen LogP contribution in [0.1, 0.15) is 81.1 Å². The molecule has 3 aliphatic rings. The van der Waals surface area contributed by atoms with E-state index in [1.807, 2.05) is 0 Å². The molecule has 380 valence electrons. The predicted octanol–water partition coefficient (Wildman–Crippen LogP) is -1.25. The molecule has 0 amide bonds. The van der Waals surface area contributed by atoms with Crippen molar-refractivity contribution in [1.29, 1.82) is 0 Å². The van der Waals surface area contributed by atoms with Crippen molar-refractivity contribution in [2.24, 2.45) is 0 Å². The zero-order chi connectivity index (χ0) is 50.1. The molecule has 67 heavy (non-hydrogen) atoms. The van der Waals surface area contributed by atoms with Crippen LogP contribution in [-0.2, 0) is 114 Å². The van der Waals surface area contributed by atoms with Gasteiger partial charge in [0.05, 0.1) is 7.11 Å². The molecule has 26 heteroatoms. The summed E-state index contributed by atoms with van der Waals surface area (Å²) in [5.74, 6) is -7.65. The van der Waals surface area contributed by atoms with Crippen molar-refractivity contribution in [3.8, 4) is 0 Å². The number of aliphatic hydroxyl groups excluding tert-OH is 2. The van der Waals surface area contributed by atoms with E-state index in [-0.39, 0.29) is 13.0 Å². The van der Waals surface area contributed by atoms with Crippen LogP contribution < -0.4 is 0 Å². The van der Waals surface area contributed by atoms with Gasteiger partial charge in [0.1, 0.15) is 50.3 Å². The second-order valence-electron chi connectivity index (χ2n) is 15.3. The summed E-state index contributed by atoms with van der Waals surface area (Å²) in [6.07, 6.45) is -25.5. The highest BCUT2D eigenvalue weighted by Gasteiger charge is 2.59. The highest BCUT2D eigenvalue weighted by Crippen LogP contribution is 2.37. The van der Waals surface area contributed by atoms with Crippen LogP contribution in [0.15, 0.2) is 0 Å². The minimum absolute atomic E-state index is 0.101. The zero-order valence-corrected chi connectivity index (χ0v) is 38.5. The maximum Gasteiger partial charge on any atom is 0.305 e. The Morgan fingerprint density at radius 2 is 0.791 bits per heavy atom. The topological polar surface area (TPSA) is 333 Å². The number of ether oxygens (including phenoxy) is 15. The Bertz CT molecular complexity index is 1720. The van der Waals surface area contributed by atoms with Gasteiger partial charge in [0.25, 0.3) is 0 Å². The van der Waals surface area contributed by atoms with Gasteiger partial charge in [-0.15, -0.1) is 0 Å². The van der Waals surface area contributed by atoms with Crippen molar-refractivity contribution in [3.05, 3.63) is 0 Å². The molecule has 0 aromatic rings. The van der Waals surface area contributed by atoms with E-state index in [2.05, 4.69) is 4.74 Å². The Morgan fingerprint density at radius 3 is 1.22 bits per heavy atom. The van der Waals surface area contributed by atoms with Gasteiger partial charge in [-0.05, 0) is 12.8 Å². The lowest BCUT2D eigenvalue weighted by atomic mass is 9.95. The molecule has 0 unspecified atom stereocenters. The number of rotatable bonds is 22. The van der Waals surface area contributed by atoms with Crippen molar-refractivity contribution in [3.63, 3.8) is 0 Å². The van der Waals surface area contributed by atoms with Gasteiger partial charge in [-0.2, -0.15) is 0 Å². The van der Waals surface area contributed by atoms with Crippen LogP contribution in [0.25, 0.3) is 0 Å². The molecule has 0 aromatic carbocycles. The van der Waals surface area contributed by atoms with Gasteiger partial charge in [0, 0.05) is 68.4 Å². The molecule has 3 saturated heterocycles. The molecule has 3 aliphatic heterocycles. The fraction of sp³-hybridized carbons (Fsp3) is 0.780. The summed E-state index contributed by atoms with van der Waals surface area (Å²) in [6, 6.07) is 0. The predicted molar refractivity (Wildman–Crippen MR) is 212 cm³/mol. The fourth-order valence-corrected chi connectivity index (χ4v) is 7.12. The second-order valence-corrected chi connectivity index (χ2v) is 15.3. The Kier molecular flexibility index (Phi) is 22.7. The normalized spacial score (nSPS) is 31.5. The molecule has 0 bridgehead atoms. The number of esters is 9. The Morgan fingerprint density at radius 1 is 0.418 bits per heavy atom. The molecular weight excluding hydrogens is 908 g/mol. The second kappa shape index (κ2) is 27.0. The lowest BCUT2D eigenvalue weighted by molar-refractivity contribution is -0.393. The molecular formula is C41H60O26. The largest absolute Gasteiger partial charge is 0.469 e. The van der Waals surface area contributed by atoms with Crippen LogP contribution >= 0.6 is 0 Å². The van der Waals surface area contributed by atoms with Crippen LogP contribution in [0.5, 0.6) is 0 Å². The van der Waals surface area contributed by atoms with E-state index in [1.54, 1.807) is 0 Å². The minimum Gasteiger partial charge on any atom is -0.469 e. The van der Waals surface area contributed by atoms with Gasteiger partial charge in [0.2, 0.25) is 0 Å². The molecule has 0 aliphatic carbocycles. The third-order valence-corrected chi connectivity index (χ3v) is 9.80. The molecule has 2 N–H and O–H groups in total. The van der Waals surface area contributed by atoms with E-state index in [0.717, 1.165) is 55.4 Å². The average molecular weight is 969 g/mol. The van der Waals surface area contributed by atoms with E-state index in [0.29, 0.717) is 19.3 Å². The summed E-state index contributed by atoms with van der Waals surface area (Å²) < 4.78 is 85.1. The molecule has 15 atom stereocenters. The van der Waals surface area contributed by atoms with Gasteiger partial charge in [-0.3, -0.25) is 43.2 Å². The average Bonchev–Trinajstić information content (AvgIpc) is 3.22. The summed E-state index contributed by atoms with van der Waals surface area (Å²) in [6.45, 7) is 6.13. The van der Waals surface area contributed by atoms with Crippen LogP contribution in [-0.4, -0.2) is 190 Å². The van der Waals surface area contributed by atoms with Crippen molar-refractivity contribution in [2.45, 2.75) is 173 Å². The van der Waals surface area contributed by atoms with Crippen LogP contribution in [0.3, 0.4) is 0 Å². The molecule has 3 heterocycles. The number of aliphatic hydroxyl groups is 2. The summed E-state index contributed by atoms with van der Waals surface area (Å²) >= 11 is 0. The maximum absolute atomic E-state index is 12.9. The molecule has 0 spiro atoms. The first-order valence-electron chi connectivity index (χ1n) is 21.1. The van der Waals surface area contributed by atoms with E-state index < -0.39 is 166 Å². The Labute approximate surface area is 384 Å². The summed E-state index contributed by atoms with van der Waals surface area (Å²) in [5.41, 5.74) is 0. The lowest BCUT2D eigenvalue weighted by Crippen LogP contribution is -2.68. The number of hydrogen-bond donors (Lipinski definition) is 2. The molecule has 26 nitrogen and oxygen atoms in total. The van der Waals surface area contributed by atoms with E-state index >= 15 is 0 Å². The Balaban J connectivity index is 2.25. The van der Waals surface area contributed by atoms with Crippen molar-refractivity contribution in [1.82, 2.24) is 0 Å². The zero-order valence-electron chi connectivity index (χ0n) is 38.5. The highest BCUT2D eigenvalue weighted by atomic mass is 16.8. The summed E-state index contributed by atoms with van der Waals surface area (Å²) in [7, 11) is 1.24. The molecule has 3 rings (SSSR count). The SMILES string of the molecule is COC(=O)CCCCCO[C@H]1O[C@H](COC(C)=O)[C@@H](OC(C)=O)[C@H](OC(C)=O)[C@H]1O[C@H]1O[C@H](COC(C)=O)[C@@H](OC(C)=O)[C@H](OC(C)=O)[C@H]1O[C@H]1O[C@H](COC(C)=O)[C@@H](OC(C)=O)[C@H](O)[C@H]1O. The van der Waals surface area contributed by atoms with E-state index in [1.165, 1.54) is 7.11 Å². The van der Waals surface area contributed by atoms with E-state index in [9.17, 15) is 53.4 Å². The van der Waals surface area contributed by atoms with E-state index in [4.69, 9.17) is 66.3 Å². The van der Waals surface area contributed by atoms with Gasteiger partial charge in [-0.1, -0.05) is 6.42 Å². The lowest BCUT2D eigenvalue weighted by Gasteiger charge is -2.50. The van der Waals surface area contributed by atoms with Crippen molar-refractivity contribution in [2.75, 3.05) is 33.5 Å². The number of hydrogen-bond acceptors (Lipinski definition) is 26.